The molecule has 0 saturated heterocycles. The largest absolute Gasteiger partial charge is 0.378 e. The topological polar surface area (TPSA) is 12.0 Å². The highest BCUT2D eigenvalue weighted by Crippen LogP contribution is 2.33. The quantitative estimate of drug-likeness (QED) is 0.703. The number of halogens is 3. The zero-order valence-electron chi connectivity index (χ0n) is 7.49. The lowest BCUT2D eigenvalue weighted by atomic mass is 10.1. The summed E-state index contributed by atoms with van der Waals surface area (Å²) in [6.45, 7) is -0.330. The summed E-state index contributed by atoms with van der Waals surface area (Å²) < 4.78 is 26.1. The monoisotopic (exact) mass is 217 g/mol. The number of nitrogens with one attached hydrogen (secondary N) is 1. The van der Waals surface area contributed by atoms with Gasteiger partial charge in [0.05, 0.1) is 17.3 Å². The Labute approximate surface area is 86.1 Å². The smallest absolute Gasteiger partial charge is 0.265 e. The molecule has 0 spiro atoms. The number of fused-ring (bicyclic) bond motifs is 1. The third-order valence-electron chi connectivity index (χ3n) is 2.38. The summed E-state index contributed by atoms with van der Waals surface area (Å²) >= 11 is 5.90. The van der Waals surface area contributed by atoms with Gasteiger partial charge in [-0.15, -0.1) is 0 Å². The van der Waals surface area contributed by atoms with E-state index in [2.05, 4.69) is 5.32 Å². The van der Waals surface area contributed by atoms with Crippen LogP contribution in [0.4, 0.5) is 14.5 Å². The minimum Gasteiger partial charge on any atom is -0.378 e. The molecule has 1 aromatic rings. The molecule has 0 unspecified atom stereocenters. The lowest BCUT2D eigenvalue weighted by molar-refractivity contribution is 0.00842. The first kappa shape index (κ1) is 9.71. The van der Waals surface area contributed by atoms with Crippen LogP contribution in [0.2, 0.25) is 5.02 Å². The molecule has 0 saturated carbocycles. The Kier molecular flexibility index (Phi) is 2.35. The molecular weight excluding hydrogens is 208 g/mol. The molecule has 0 atom stereocenters. The van der Waals surface area contributed by atoms with E-state index in [9.17, 15) is 8.78 Å². The van der Waals surface area contributed by atoms with E-state index < -0.39 is 5.92 Å². The van der Waals surface area contributed by atoms with Gasteiger partial charge in [0.1, 0.15) is 0 Å². The van der Waals surface area contributed by atoms with Crippen LogP contribution in [0.1, 0.15) is 12.0 Å². The van der Waals surface area contributed by atoms with Crippen molar-refractivity contribution in [2.24, 2.45) is 0 Å². The van der Waals surface area contributed by atoms with Crippen LogP contribution >= 0.6 is 11.6 Å². The van der Waals surface area contributed by atoms with Crippen molar-refractivity contribution in [3.63, 3.8) is 0 Å². The summed E-state index contributed by atoms with van der Waals surface area (Å²) in [7, 11) is 0. The van der Waals surface area contributed by atoms with E-state index in [1.54, 1.807) is 12.1 Å². The van der Waals surface area contributed by atoms with Gasteiger partial charge in [-0.1, -0.05) is 23.7 Å². The minimum absolute atomic E-state index is 0.118. The third-order valence-corrected chi connectivity index (χ3v) is 2.70. The summed E-state index contributed by atoms with van der Waals surface area (Å²) in [4.78, 5) is 0. The summed E-state index contributed by atoms with van der Waals surface area (Å²) in [6, 6.07) is 5.32. The summed E-state index contributed by atoms with van der Waals surface area (Å²) in [5.41, 5.74) is 1.53. The van der Waals surface area contributed by atoms with Gasteiger partial charge in [-0.25, -0.2) is 8.78 Å². The van der Waals surface area contributed by atoms with Gasteiger partial charge in [0.25, 0.3) is 5.92 Å². The first-order valence-corrected chi connectivity index (χ1v) is 4.85. The maximum absolute atomic E-state index is 13.1. The van der Waals surface area contributed by atoms with Crippen molar-refractivity contribution in [2.45, 2.75) is 18.8 Å². The molecule has 1 aliphatic heterocycles. The molecule has 0 bridgehead atoms. The molecule has 76 valence electrons. The molecule has 0 fully saturated rings. The van der Waals surface area contributed by atoms with Crippen LogP contribution in [0.3, 0.4) is 0 Å². The van der Waals surface area contributed by atoms with Crippen molar-refractivity contribution >= 4 is 17.3 Å². The molecule has 1 nitrogen and oxygen atoms in total. The van der Waals surface area contributed by atoms with Crippen LogP contribution < -0.4 is 5.32 Å². The number of rotatable bonds is 0. The van der Waals surface area contributed by atoms with Crippen LogP contribution in [-0.2, 0) is 6.42 Å². The van der Waals surface area contributed by atoms with Crippen molar-refractivity contribution in [1.29, 1.82) is 0 Å². The molecule has 14 heavy (non-hydrogen) atoms. The fraction of sp³-hybridized carbons (Fsp3) is 0.400. The van der Waals surface area contributed by atoms with Gasteiger partial charge in [-0.3, -0.25) is 0 Å². The lowest BCUT2D eigenvalue weighted by Crippen LogP contribution is -2.25. The fourth-order valence-corrected chi connectivity index (χ4v) is 1.86. The number of anilines is 1. The zero-order valence-corrected chi connectivity index (χ0v) is 8.24. The molecule has 1 aromatic carbocycles. The summed E-state index contributed by atoms with van der Waals surface area (Å²) in [6.07, 6.45) is 0.253. The lowest BCUT2D eigenvalue weighted by Gasteiger charge is -2.13. The molecular formula is C10H10ClF2N. The second kappa shape index (κ2) is 3.39. The third kappa shape index (κ3) is 1.82. The van der Waals surface area contributed by atoms with Gasteiger partial charge in [0, 0.05) is 6.42 Å². The van der Waals surface area contributed by atoms with E-state index >= 15 is 0 Å². The normalized spacial score (nSPS) is 19.4. The molecule has 1 heterocycles. The Morgan fingerprint density at radius 2 is 2.14 bits per heavy atom. The predicted molar refractivity (Wildman–Crippen MR) is 53.2 cm³/mol. The van der Waals surface area contributed by atoms with Crippen LogP contribution in [0.5, 0.6) is 0 Å². The van der Waals surface area contributed by atoms with Crippen LogP contribution in [0, 0.1) is 0 Å². The predicted octanol–water partition coefficient (Wildman–Crippen LogP) is 3.33. The van der Waals surface area contributed by atoms with Gasteiger partial charge < -0.3 is 5.32 Å². The van der Waals surface area contributed by atoms with Gasteiger partial charge in [0.2, 0.25) is 0 Å². The Bertz CT molecular complexity index is 352. The molecule has 0 radical (unpaired) electrons. The van der Waals surface area contributed by atoms with Crippen molar-refractivity contribution in [3.05, 3.63) is 28.8 Å². The van der Waals surface area contributed by atoms with E-state index in [0.29, 0.717) is 17.1 Å². The van der Waals surface area contributed by atoms with Crippen LogP contribution in [0.25, 0.3) is 0 Å². The first-order chi connectivity index (χ1) is 6.58. The number of para-hydroxylation sites is 1. The van der Waals surface area contributed by atoms with Gasteiger partial charge >= 0.3 is 0 Å². The number of hydrogen-bond acceptors (Lipinski definition) is 1. The van der Waals surface area contributed by atoms with Crippen LogP contribution in [-0.4, -0.2) is 12.5 Å². The fourth-order valence-electron chi connectivity index (χ4n) is 1.60. The Morgan fingerprint density at radius 3 is 2.93 bits per heavy atom. The Morgan fingerprint density at radius 1 is 1.36 bits per heavy atom. The number of aryl methyl sites for hydroxylation is 1. The van der Waals surface area contributed by atoms with Crippen molar-refractivity contribution < 1.29 is 8.78 Å². The zero-order chi connectivity index (χ0) is 10.2. The molecule has 0 amide bonds. The van der Waals surface area contributed by atoms with Gasteiger partial charge in [-0.2, -0.15) is 0 Å². The average molecular weight is 218 g/mol. The van der Waals surface area contributed by atoms with Crippen molar-refractivity contribution in [3.8, 4) is 0 Å². The molecule has 1 aliphatic rings. The summed E-state index contributed by atoms with van der Waals surface area (Å²) in [5.74, 6) is -2.64. The van der Waals surface area contributed by atoms with Crippen LogP contribution in [0.15, 0.2) is 18.2 Å². The maximum Gasteiger partial charge on any atom is 0.265 e. The number of hydrogen-bond donors (Lipinski definition) is 1. The highest BCUT2D eigenvalue weighted by molar-refractivity contribution is 6.33. The maximum atomic E-state index is 13.1. The van der Waals surface area contributed by atoms with E-state index in [4.69, 9.17) is 11.6 Å². The molecule has 4 heteroatoms. The van der Waals surface area contributed by atoms with E-state index in [1.165, 1.54) is 0 Å². The highest BCUT2D eigenvalue weighted by Gasteiger charge is 2.31. The standard InChI is InChI=1S/C10H10ClF2N/c11-8-3-1-2-7-4-5-10(12,13)6-14-9(7)8/h1-3,14H,4-6H2. The first-order valence-electron chi connectivity index (χ1n) is 4.48. The van der Waals surface area contributed by atoms with E-state index in [-0.39, 0.29) is 13.0 Å². The highest BCUT2D eigenvalue weighted by atomic mass is 35.5. The van der Waals surface area contributed by atoms with Gasteiger partial charge in [0.15, 0.2) is 0 Å². The Hall–Kier alpha value is -0.830. The minimum atomic E-state index is -2.64. The second-order valence-electron chi connectivity index (χ2n) is 3.48. The molecule has 1 N–H and O–H groups in total. The van der Waals surface area contributed by atoms with E-state index in [0.717, 1.165) is 5.56 Å². The van der Waals surface area contributed by atoms with Crippen molar-refractivity contribution in [2.75, 3.05) is 11.9 Å². The molecule has 2 rings (SSSR count). The number of alkyl halides is 2. The van der Waals surface area contributed by atoms with Crippen molar-refractivity contribution in [1.82, 2.24) is 0 Å². The molecule has 0 aromatic heterocycles. The average Bonchev–Trinajstić information content (AvgIpc) is 2.27. The second-order valence-corrected chi connectivity index (χ2v) is 3.89. The molecule has 0 aliphatic carbocycles. The SMILES string of the molecule is FC1(F)CCc2cccc(Cl)c2NC1. The Balaban J connectivity index is 2.34. The number of benzene rings is 1. The van der Waals surface area contributed by atoms with Gasteiger partial charge in [-0.05, 0) is 18.1 Å². The summed E-state index contributed by atoms with van der Waals surface area (Å²) in [5, 5.41) is 3.22. The van der Waals surface area contributed by atoms with E-state index in [1.807, 2.05) is 6.07 Å².